The highest BCUT2D eigenvalue weighted by atomic mass is 35.5. The Morgan fingerprint density at radius 2 is 1.96 bits per heavy atom. The van der Waals surface area contributed by atoms with Crippen molar-refractivity contribution in [2.75, 3.05) is 20.0 Å². The summed E-state index contributed by atoms with van der Waals surface area (Å²) in [5.41, 5.74) is 4.09. The van der Waals surface area contributed by atoms with E-state index >= 15 is 0 Å². The molecule has 0 heterocycles. The minimum absolute atomic E-state index is 0.214. The molecule has 0 unspecified atom stereocenters. The molecule has 28 heavy (non-hydrogen) atoms. The zero-order valence-electron chi connectivity index (χ0n) is 15.3. The zero-order chi connectivity index (χ0) is 20.4. The van der Waals surface area contributed by atoms with Gasteiger partial charge in [0.05, 0.1) is 26.2 Å². The Labute approximate surface area is 172 Å². The van der Waals surface area contributed by atoms with Crippen LogP contribution in [0.2, 0.25) is 5.02 Å². The quantitative estimate of drug-likeness (QED) is 0.301. The number of hydrazone groups is 1. The maximum atomic E-state index is 11.9. The molecule has 9 heteroatoms. The summed E-state index contributed by atoms with van der Waals surface area (Å²) in [5.74, 6) is 1.20. The second-order valence-electron chi connectivity index (χ2n) is 5.34. The average Bonchev–Trinajstić information content (AvgIpc) is 2.70. The summed E-state index contributed by atoms with van der Waals surface area (Å²) >= 11 is 7.52. The Bertz CT molecular complexity index is 860. The average molecular weight is 423 g/mol. The van der Waals surface area contributed by atoms with Gasteiger partial charge in [0.2, 0.25) is 5.91 Å². The van der Waals surface area contributed by atoms with E-state index in [2.05, 4.69) is 15.3 Å². The number of amides is 1. The first-order chi connectivity index (χ1) is 13.5. The van der Waals surface area contributed by atoms with Gasteiger partial charge in [-0.1, -0.05) is 29.8 Å². The number of nitrogens with one attached hydrogen (secondary N) is 1. The van der Waals surface area contributed by atoms with E-state index in [0.29, 0.717) is 22.1 Å². The lowest BCUT2D eigenvalue weighted by molar-refractivity contribution is -0.118. The summed E-state index contributed by atoms with van der Waals surface area (Å²) in [4.78, 5) is 23.1. The Kier molecular flexibility index (Phi) is 8.64. The number of thioether (sulfide) groups is 1. The highest BCUT2D eigenvalue weighted by Crippen LogP contribution is 2.27. The standard InChI is InChI=1S/C19H19ClN2O5S/c1-25-17-9-13(7-8-16(17)27-19(24)26-2)10-21-22-18(23)12-28-11-14-5-3-4-6-15(14)20/h3-10H,11-12H2,1-2H3,(H,22,23)/b21-10-. The molecule has 0 aliphatic carbocycles. The van der Waals surface area contributed by atoms with Crippen LogP contribution in [0.1, 0.15) is 11.1 Å². The van der Waals surface area contributed by atoms with Crippen LogP contribution in [0, 0.1) is 0 Å². The van der Waals surface area contributed by atoms with Crippen LogP contribution in [0.4, 0.5) is 4.79 Å². The van der Waals surface area contributed by atoms with Gasteiger partial charge >= 0.3 is 6.16 Å². The van der Waals surface area contributed by atoms with Crippen LogP contribution in [0.25, 0.3) is 0 Å². The molecule has 2 aromatic rings. The highest BCUT2D eigenvalue weighted by Gasteiger charge is 2.10. The summed E-state index contributed by atoms with van der Waals surface area (Å²) in [7, 11) is 2.66. The van der Waals surface area contributed by atoms with Gasteiger partial charge in [-0.25, -0.2) is 10.2 Å². The van der Waals surface area contributed by atoms with Crippen molar-refractivity contribution in [3.8, 4) is 11.5 Å². The van der Waals surface area contributed by atoms with E-state index in [4.69, 9.17) is 21.1 Å². The van der Waals surface area contributed by atoms with Crippen molar-refractivity contribution >= 4 is 41.6 Å². The normalized spacial score (nSPS) is 10.5. The molecule has 0 aliphatic rings. The summed E-state index contributed by atoms with van der Waals surface area (Å²) in [6.07, 6.45) is 0.613. The fourth-order valence-corrected chi connectivity index (χ4v) is 3.17. The van der Waals surface area contributed by atoms with E-state index in [0.717, 1.165) is 5.56 Å². The van der Waals surface area contributed by atoms with Gasteiger partial charge < -0.3 is 14.2 Å². The molecule has 0 spiro atoms. The molecule has 1 N–H and O–H groups in total. The number of carbonyl (C=O) groups is 2. The maximum absolute atomic E-state index is 11.9. The van der Waals surface area contributed by atoms with Gasteiger partial charge in [-0.3, -0.25) is 4.79 Å². The molecule has 2 aromatic carbocycles. The number of rotatable bonds is 8. The topological polar surface area (TPSA) is 86.2 Å². The molecule has 2 rings (SSSR count). The van der Waals surface area contributed by atoms with Crippen molar-refractivity contribution < 1.29 is 23.8 Å². The Balaban J connectivity index is 1.83. The number of ether oxygens (including phenoxy) is 3. The van der Waals surface area contributed by atoms with E-state index in [1.165, 1.54) is 32.2 Å². The van der Waals surface area contributed by atoms with Crippen LogP contribution in [0.3, 0.4) is 0 Å². The summed E-state index contributed by atoms with van der Waals surface area (Å²) in [6.45, 7) is 0. The molecule has 0 saturated heterocycles. The number of hydrogen-bond donors (Lipinski definition) is 1. The smallest absolute Gasteiger partial charge is 0.493 e. The van der Waals surface area contributed by atoms with Gasteiger partial charge in [0.15, 0.2) is 11.5 Å². The first-order valence-electron chi connectivity index (χ1n) is 8.10. The third-order valence-corrected chi connectivity index (χ3v) is 4.75. The summed E-state index contributed by atoms with van der Waals surface area (Å²) < 4.78 is 14.6. The van der Waals surface area contributed by atoms with Crippen LogP contribution in [0.15, 0.2) is 47.6 Å². The monoisotopic (exact) mass is 422 g/mol. The predicted octanol–water partition coefficient (Wildman–Crippen LogP) is 3.88. The molecular weight excluding hydrogens is 404 g/mol. The Hall–Kier alpha value is -2.71. The first-order valence-corrected chi connectivity index (χ1v) is 9.63. The molecule has 0 atom stereocenters. The third kappa shape index (κ3) is 6.79. The predicted molar refractivity (Wildman–Crippen MR) is 109 cm³/mol. The van der Waals surface area contributed by atoms with Crippen LogP contribution >= 0.6 is 23.4 Å². The van der Waals surface area contributed by atoms with Crippen LogP contribution < -0.4 is 14.9 Å². The number of methoxy groups -OCH3 is 2. The summed E-state index contributed by atoms with van der Waals surface area (Å²) in [6, 6.07) is 12.3. The number of nitrogens with zero attached hydrogens (tertiary/aromatic N) is 1. The number of hydrogen-bond acceptors (Lipinski definition) is 7. The van der Waals surface area contributed by atoms with Crippen molar-refractivity contribution in [2.45, 2.75) is 5.75 Å². The van der Waals surface area contributed by atoms with E-state index in [-0.39, 0.29) is 17.4 Å². The van der Waals surface area contributed by atoms with E-state index < -0.39 is 6.16 Å². The number of halogens is 1. The molecule has 148 valence electrons. The van der Waals surface area contributed by atoms with Crippen LogP contribution in [-0.4, -0.2) is 38.2 Å². The minimum Gasteiger partial charge on any atom is -0.493 e. The van der Waals surface area contributed by atoms with Crippen molar-refractivity contribution in [1.29, 1.82) is 0 Å². The van der Waals surface area contributed by atoms with Gasteiger partial charge in [0.25, 0.3) is 0 Å². The molecular formula is C19H19ClN2O5S. The number of benzene rings is 2. The lowest BCUT2D eigenvalue weighted by Crippen LogP contribution is -2.19. The van der Waals surface area contributed by atoms with E-state index in [1.807, 2.05) is 24.3 Å². The zero-order valence-corrected chi connectivity index (χ0v) is 16.9. The fourth-order valence-electron chi connectivity index (χ4n) is 2.06. The minimum atomic E-state index is -0.846. The van der Waals surface area contributed by atoms with Crippen LogP contribution in [0.5, 0.6) is 11.5 Å². The molecule has 0 aliphatic heterocycles. The second-order valence-corrected chi connectivity index (χ2v) is 6.74. The Morgan fingerprint density at radius 1 is 1.18 bits per heavy atom. The SMILES string of the molecule is COC(=O)Oc1ccc(/C=N\NC(=O)CSCc2ccccc2Cl)cc1OC. The molecule has 0 saturated carbocycles. The molecule has 0 bridgehead atoms. The fraction of sp³-hybridized carbons (Fsp3) is 0.211. The molecule has 0 radical (unpaired) electrons. The van der Waals surface area contributed by atoms with Crippen molar-refractivity contribution in [3.63, 3.8) is 0 Å². The van der Waals surface area contributed by atoms with Gasteiger partial charge in [0, 0.05) is 10.8 Å². The molecule has 0 fully saturated rings. The Morgan fingerprint density at radius 3 is 2.68 bits per heavy atom. The number of carbonyl (C=O) groups excluding carboxylic acids is 2. The van der Waals surface area contributed by atoms with Gasteiger partial charge in [0.1, 0.15) is 0 Å². The molecule has 1 amide bonds. The largest absolute Gasteiger partial charge is 0.513 e. The first kappa shape index (κ1) is 21.6. The lowest BCUT2D eigenvalue weighted by Gasteiger charge is -2.08. The van der Waals surface area contributed by atoms with Gasteiger partial charge in [-0.15, -0.1) is 11.8 Å². The second kappa shape index (κ2) is 11.2. The van der Waals surface area contributed by atoms with Crippen molar-refractivity contribution in [1.82, 2.24) is 5.43 Å². The molecule has 7 nitrogen and oxygen atoms in total. The molecule has 0 aromatic heterocycles. The van der Waals surface area contributed by atoms with E-state index in [1.54, 1.807) is 18.2 Å². The van der Waals surface area contributed by atoms with Crippen molar-refractivity contribution in [2.24, 2.45) is 5.10 Å². The van der Waals surface area contributed by atoms with Crippen molar-refractivity contribution in [3.05, 3.63) is 58.6 Å². The van der Waals surface area contributed by atoms with E-state index in [9.17, 15) is 9.59 Å². The van der Waals surface area contributed by atoms with Crippen LogP contribution in [-0.2, 0) is 15.3 Å². The van der Waals surface area contributed by atoms with Gasteiger partial charge in [-0.05, 0) is 35.4 Å². The lowest BCUT2D eigenvalue weighted by atomic mass is 10.2. The van der Waals surface area contributed by atoms with Gasteiger partial charge in [-0.2, -0.15) is 5.10 Å². The third-order valence-electron chi connectivity index (χ3n) is 3.40. The highest BCUT2D eigenvalue weighted by molar-refractivity contribution is 7.99. The maximum Gasteiger partial charge on any atom is 0.513 e. The summed E-state index contributed by atoms with van der Waals surface area (Å²) in [5, 5.41) is 4.60.